The first kappa shape index (κ1) is 10.7. The first-order valence-electron chi connectivity index (χ1n) is 4.22. The van der Waals surface area contributed by atoms with Crippen molar-refractivity contribution in [1.29, 1.82) is 0 Å². The summed E-state index contributed by atoms with van der Waals surface area (Å²) in [5.74, 6) is 0.580. The molecule has 0 heterocycles. The van der Waals surface area contributed by atoms with Gasteiger partial charge in [0.15, 0.2) is 0 Å². The average Bonchev–Trinajstić information content (AvgIpc) is 1.82. The summed E-state index contributed by atoms with van der Waals surface area (Å²) in [4.78, 5) is 11.0. The molecule has 66 valence electrons. The first-order valence-corrected chi connectivity index (χ1v) is 7.00. The van der Waals surface area contributed by atoms with Gasteiger partial charge in [0.1, 0.15) is 0 Å². The molecule has 0 radical (unpaired) electrons. The molecule has 0 aromatic carbocycles. The lowest BCUT2D eigenvalue weighted by Crippen LogP contribution is -2.15. The Morgan fingerprint density at radius 1 is 1.45 bits per heavy atom. The number of hydrogen-bond donors (Lipinski definition) is 0. The van der Waals surface area contributed by atoms with Crippen LogP contribution in [0.1, 0.15) is 26.7 Å². The predicted molar refractivity (Wildman–Crippen MR) is 49.0 cm³/mol. The van der Waals surface area contributed by atoms with Crippen LogP contribution in [0.4, 0.5) is 0 Å². The summed E-state index contributed by atoms with van der Waals surface area (Å²) in [7, 11) is -1.14. The molecule has 0 spiro atoms. The molecule has 11 heavy (non-hydrogen) atoms. The number of rotatable bonds is 4. The summed E-state index contributed by atoms with van der Waals surface area (Å²) in [6.07, 6.45) is 1.53. The predicted octanol–water partition coefficient (Wildman–Crippen LogP) is 1.95. The van der Waals surface area contributed by atoms with Gasteiger partial charge in [-0.2, -0.15) is 0 Å². The molecule has 0 unspecified atom stereocenters. The van der Waals surface area contributed by atoms with Crippen LogP contribution in [-0.2, 0) is 9.22 Å². The fourth-order valence-corrected chi connectivity index (χ4v) is 1.37. The fraction of sp³-hybridized carbons (Fsp3) is 0.875. The molecule has 0 rings (SSSR count). The normalized spacial score (nSPS) is 10.7. The standard InChI is InChI=1S/C8H18O2Si/c1-7(2)5-6-8(9)10-11(3)4/h7,11H,5-6H2,1-4H3. The Kier molecular flexibility index (Phi) is 5.20. The van der Waals surface area contributed by atoms with Gasteiger partial charge in [0.25, 0.3) is 5.97 Å². The molecule has 0 saturated carbocycles. The van der Waals surface area contributed by atoms with E-state index in [4.69, 9.17) is 4.43 Å². The summed E-state index contributed by atoms with van der Waals surface area (Å²) in [5.41, 5.74) is 0. The molecule has 0 saturated heterocycles. The number of carbonyl (C=O) groups excluding carboxylic acids is 1. The topological polar surface area (TPSA) is 26.3 Å². The summed E-state index contributed by atoms with van der Waals surface area (Å²) in [6.45, 7) is 8.24. The minimum Gasteiger partial charge on any atom is -0.523 e. The van der Waals surface area contributed by atoms with Crippen molar-refractivity contribution >= 4 is 15.0 Å². The van der Waals surface area contributed by atoms with Crippen LogP contribution in [0.15, 0.2) is 0 Å². The van der Waals surface area contributed by atoms with Gasteiger partial charge >= 0.3 is 0 Å². The van der Waals surface area contributed by atoms with Crippen LogP contribution >= 0.6 is 0 Å². The highest BCUT2D eigenvalue weighted by Crippen LogP contribution is 2.04. The summed E-state index contributed by atoms with van der Waals surface area (Å²) in [6, 6.07) is 0. The van der Waals surface area contributed by atoms with Crippen LogP contribution in [0.25, 0.3) is 0 Å². The van der Waals surface area contributed by atoms with E-state index in [2.05, 4.69) is 13.8 Å². The molecule has 0 atom stereocenters. The van der Waals surface area contributed by atoms with Crippen molar-refractivity contribution in [3.63, 3.8) is 0 Å². The average molecular weight is 174 g/mol. The Morgan fingerprint density at radius 3 is 2.36 bits per heavy atom. The molecule has 0 fully saturated rings. The Labute approximate surface area is 70.7 Å². The third-order valence-corrected chi connectivity index (χ3v) is 2.03. The zero-order chi connectivity index (χ0) is 8.85. The van der Waals surface area contributed by atoms with Crippen molar-refractivity contribution in [3.05, 3.63) is 0 Å². The van der Waals surface area contributed by atoms with Crippen molar-refractivity contribution in [2.45, 2.75) is 39.8 Å². The molecule has 0 aliphatic carbocycles. The Morgan fingerprint density at radius 2 is 2.00 bits per heavy atom. The van der Waals surface area contributed by atoms with E-state index in [9.17, 15) is 4.79 Å². The molecular weight excluding hydrogens is 156 g/mol. The molecule has 0 aliphatic heterocycles. The quantitative estimate of drug-likeness (QED) is 0.609. The van der Waals surface area contributed by atoms with Crippen molar-refractivity contribution in [1.82, 2.24) is 0 Å². The van der Waals surface area contributed by atoms with E-state index in [1.165, 1.54) is 0 Å². The Bertz CT molecular complexity index is 121. The van der Waals surface area contributed by atoms with Gasteiger partial charge in [-0.25, -0.2) is 0 Å². The highest BCUT2D eigenvalue weighted by atomic mass is 28.3. The Balaban J connectivity index is 3.38. The summed E-state index contributed by atoms with van der Waals surface area (Å²) < 4.78 is 5.10. The van der Waals surface area contributed by atoms with E-state index >= 15 is 0 Å². The molecule has 0 bridgehead atoms. The van der Waals surface area contributed by atoms with Gasteiger partial charge in [-0.05, 0) is 25.4 Å². The van der Waals surface area contributed by atoms with Gasteiger partial charge in [-0.15, -0.1) is 0 Å². The van der Waals surface area contributed by atoms with Crippen LogP contribution in [0.3, 0.4) is 0 Å². The molecular formula is C8H18O2Si. The maximum Gasteiger partial charge on any atom is 0.292 e. The highest BCUT2D eigenvalue weighted by molar-refractivity contribution is 6.50. The summed E-state index contributed by atoms with van der Waals surface area (Å²) in [5, 5.41) is 0. The van der Waals surface area contributed by atoms with Crippen molar-refractivity contribution in [2.75, 3.05) is 0 Å². The largest absolute Gasteiger partial charge is 0.523 e. The maximum atomic E-state index is 11.0. The van der Waals surface area contributed by atoms with E-state index < -0.39 is 9.04 Å². The third kappa shape index (κ3) is 7.59. The molecule has 3 heteroatoms. The second kappa shape index (κ2) is 5.35. The number of hydrogen-bond acceptors (Lipinski definition) is 2. The second-order valence-electron chi connectivity index (χ2n) is 3.47. The van der Waals surface area contributed by atoms with Crippen LogP contribution in [0.2, 0.25) is 13.1 Å². The smallest absolute Gasteiger partial charge is 0.292 e. The molecule has 2 nitrogen and oxygen atoms in total. The van der Waals surface area contributed by atoms with Crippen LogP contribution in [0.5, 0.6) is 0 Å². The van der Waals surface area contributed by atoms with Gasteiger partial charge in [-0.1, -0.05) is 13.8 Å². The molecule has 0 aromatic rings. The molecule has 0 aliphatic rings. The number of carbonyl (C=O) groups is 1. The van der Waals surface area contributed by atoms with E-state index in [1.54, 1.807) is 0 Å². The Hall–Kier alpha value is -0.313. The van der Waals surface area contributed by atoms with E-state index in [0.29, 0.717) is 12.3 Å². The zero-order valence-electron chi connectivity index (χ0n) is 7.89. The SMILES string of the molecule is CC(C)CCC(=O)O[SiH](C)C. The molecule has 0 aromatic heterocycles. The van der Waals surface area contributed by atoms with E-state index in [0.717, 1.165) is 6.42 Å². The minimum atomic E-state index is -1.14. The molecule has 0 amide bonds. The fourth-order valence-electron chi connectivity index (χ4n) is 0.728. The van der Waals surface area contributed by atoms with Gasteiger partial charge in [0, 0.05) is 6.42 Å². The third-order valence-electron chi connectivity index (χ3n) is 1.29. The zero-order valence-corrected chi connectivity index (χ0v) is 9.04. The lowest BCUT2D eigenvalue weighted by atomic mass is 10.1. The van der Waals surface area contributed by atoms with Crippen molar-refractivity contribution in [3.8, 4) is 0 Å². The van der Waals surface area contributed by atoms with Gasteiger partial charge in [-0.3, -0.25) is 4.79 Å². The molecule has 0 N–H and O–H groups in total. The highest BCUT2D eigenvalue weighted by Gasteiger charge is 2.06. The van der Waals surface area contributed by atoms with Gasteiger partial charge < -0.3 is 4.43 Å². The lowest BCUT2D eigenvalue weighted by Gasteiger charge is -2.07. The first-order chi connectivity index (χ1) is 5.02. The van der Waals surface area contributed by atoms with Crippen molar-refractivity contribution < 1.29 is 9.22 Å². The lowest BCUT2D eigenvalue weighted by molar-refractivity contribution is -0.134. The monoisotopic (exact) mass is 174 g/mol. The van der Waals surface area contributed by atoms with E-state index in [1.807, 2.05) is 13.1 Å². The van der Waals surface area contributed by atoms with E-state index in [-0.39, 0.29) is 5.97 Å². The van der Waals surface area contributed by atoms with Crippen LogP contribution in [0, 0.1) is 5.92 Å². The van der Waals surface area contributed by atoms with Crippen LogP contribution in [-0.4, -0.2) is 15.0 Å². The van der Waals surface area contributed by atoms with Gasteiger partial charge in [0.2, 0.25) is 9.04 Å². The minimum absolute atomic E-state index is 0.0135. The summed E-state index contributed by atoms with van der Waals surface area (Å²) >= 11 is 0. The van der Waals surface area contributed by atoms with Gasteiger partial charge in [0.05, 0.1) is 0 Å². The maximum absolute atomic E-state index is 11.0. The van der Waals surface area contributed by atoms with Crippen LogP contribution < -0.4 is 0 Å². The van der Waals surface area contributed by atoms with Crippen molar-refractivity contribution in [2.24, 2.45) is 5.92 Å². The second-order valence-corrected chi connectivity index (χ2v) is 5.80.